The molecule has 1 unspecified atom stereocenters. The van der Waals surface area contributed by atoms with Crippen molar-refractivity contribution in [2.45, 2.75) is 31.1 Å². The Morgan fingerprint density at radius 1 is 1.53 bits per heavy atom. The van der Waals surface area contributed by atoms with E-state index in [2.05, 4.69) is 21.2 Å². The molecular weight excluding hydrogens is 308 g/mol. The van der Waals surface area contributed by atoms with Gasteiger partial charge in [0.15, 0.2) is 0 Å². The first-order chi connectivity index (χ1) is 7.74. The maximum absolute atomic E-state index is 13.0. The van der Waals surface area contributed by atoms with Crippen molar-refractivity contribution in [3.05, 3.63) is 34.6 Å². The lowest BCUT2D eigenvalue weighted by Gasteiger charge is -2.29. The Kier molecular flexibility index (Phi) is 4.55. The third-order valence-corrected chi connectivity index (χ3v) is 4.05. The standard InChI is InChI=1S/C12H14BrClFNO/c1-7(13)12(2,3)16-11(17)8-4-5-10(15)9(14)6-8/h4-7H,1-3H3,(H,16,17). The number of hydrogen-bond donors (Lipinski definition) is 1. The number of carbonyl (C=O) groups is 1. The molecule has 94 valence electrons. The summed E-state index contributed by atoms with van der Waals surface area (Å²) >= 11 is 9.05. The highest BCUT2D eigenvalue weighted by Gasteiger charge is 2.26. The second-order valence-corrected chi connectivity index (χ2v) is 6.20. The average molecular weight is 323 g/mol. The average Bonchev–Trinajstić information content (AvgIpc) is 2.21. The summed E-state index contributed by atoms with van der Waals surface area (Å²) in [6, 6.07) is 3.91. The van der Waals surface area contributed by atoms with Gasteiger partial charge >= 0.3 is 0 Å². The summed E-state index contributed by atoms with van der Waals surface area (Å²) in [6.07, 6.45) is 0. The topological polar surface area (TPSA) is 29.1 Å². The van der Waals surface area contributed by atoms with Gasteiger partial charge in [0, 0.05) is 15.9 Å². The fourth-order valence-electron chi connectivity index (χ4n) is 1.10. The lowest BCUT2D eigenvalue weighted by atomic mass is 10.0. The molecule has 0 aliphatic rings. The van der Waals surface area contributed by atoms with Gasteiger partial charge in [-0.3, -0.25) is 4.79 Å². The summed E-state index contributed by atoms with van der Waals surface area (Å²) in [5.74, 6) is -0.806. The smallest absolute Gasteiger partial charge is 0.251 e. The molecule has 5 heteroatoms. The quantitative estimate of drug-likeness (QED) is 0.843. The normalized spacial score (nSPS) is 13.3. The second kappa shape index (κ2) is 5.36. The summed E-state index contributed by atoms with van der Waals surface area (Å²) in [6.45, 7) is 5.74. The van der Waals surface area contributed by atoms with Crippen LogP contribution in [0.1, 0.15) is 31.1 Å². The van der Waals surface area contributed by atoms with Crippen LogP contribution in [0.2, 0.25) is 5.02 Å². The molecule has 1 aromatic carbocycles. The van der Waals surface area contributed by atoms with Crippen LogP contribution in [0.4, 0.5) is 4.39 Å². The van der Waals surface area contributed by atoms with Crippen LogP contribution in [0.3, 0.4) is 0 Å². The van der Waals surface area contributed by atoms with Gasteiger partial charge in [0.05, 0.1) is 5.02 Å². The molecule has 2 nitrogen and oxygen atoms in total. The SMILES string of the molecule is CC(Br)C(C)(C)NC(=O)c1ccc(F)c(Cl)c1. The first-order valence-electron chi connectivity index (χ1n) is 5.15. The van der Waals surface area contributed by atoms with E-state index in [1.54, 1.807) is 0 Å². The minimum atomic E-state index is -0.531. The Morgan fingerprint density at radius 3 is 2.59 bits per heavy atom. The van der Waals surface area contributed by atoms with Gasteiger partial charge in [-0.15, -0.1) is 0 Å². The van der Waals surface area contributed by atoms with Crippen molar-refractivity contribution in [2.24, 2.45) is 0 Å². The summed E-state index contributed by atoms with van der Waals surface area (Å²) in [5.41, 5.74) is -0.0598. The summed E-state index contributed by atoms with van der Waals surface area (Å²) in [5, 5.41) is 2.80. The highest BCUT2D eigenvalue weighted by Crippen LogP contribution is 2.19. The molecule has 0 heterocycles. The van der Waals surface area contributed by atoms with Crippen molar-refractivity contribution in [1.29, 1.82) is 0 Å². The molecule has 0 bridgehead atoms. The van der Waals surface area contributed by atoms with Crippen LogP contribution in [0, 0.1) is 5.82 Å². The third-order valence-electron chi connectivity index (χ3n) is 2.61. The molecule has 0 aliphatic carbocycles. The minimum Gasteiger partial charge on any atom is -0.346 e. The molecule has 1 atom stereocenters. The molecular formula is C12H14BrClFNO. The number of carbonyl (C=O) groups excluding carboxylic acids is 1. The Morgan fingerprint density at radius 2 is 2.12 bits per heavy atom. The van der Waals surface area contributed by atoms with E-state index in [0.717, 1.165) is 0 Å². The number of hydrogen-bond acceptors (Lipinski definition) is 1. The van der Waals surface area contributed by atoms with Crippen molar-refractivity contribution in [3.8, 4) is 0 Å². The Bertz CT molecular complexity index is 435. The van der Waals surface area contributed by atoms with Crippen molar-refractivity contribution in [3.63, 3.8) is 0 Å². The molecule has 0 aromatic heterocycles. The Hall–Kier alpha value is -0.610. The summed E-state index contributed by atoms with van der Waals surface area (Å²) in [7, 11) is 0. The van der Waals surface area contributed by atoms with E-state index in [1.807, 2.05) is 20.8 Å². The maximum atomic E-state index is 13.0. The molecule has 0 spiro atoms. The largest absolute Gasteiger partial charge is 0.346 e. The van der Waals surface area contributed by atoms with Gasteiger partial charge in [-0.05, 0) is 32.0 Å². The van der Waals surface area contributed by atoms with E-state index in [4.69, 9.17) is 11.6 Å². The molecule has 17 heavy (non-hydrogen) atoms. The number of nitrogens with one attached hydrogen (secondary N) is 1. The zero-order chi connectivity index (χ0) is 13.2. The van der Waals surface area contributed by atoms with Gasteiger partial charge in [0.25, 0.3) is 5.91 Å². The Labute approximate surface area is 114 Å². The molecule has 1 N–H and O–H groups in total. The molecule has 0 radical (unpaired) electrons. The highest BCUT2D eigenvalue weighted by molar-refractivity contribution is 9.09. The zero-order valence-corrected chi connectivity index (χ0v) is 12.2. The van der Waals surface area contributed by atoms with Gasteiger partial charge in [0.2, 0.25) is 0 Å². The van der Waals surface area contributed by atoms with E-state index in [-0.39, 0.29) is 15.8 Å². The van der Waals surface area contributed by atoms with Crippen LogP contribution in [-0.2, 0) is 0 Å². The number of benzene rings is 1. The first kappa shape index (κ1) is 14.5. The second-order valence-electron chi connectivity index (χ2n) is 4.42. The van der Waals surface area contributed by atoms with Crippen LogP contribution < -0.4 is 5.32 Å². The number of halogens is 3. The van der Waals surface area contributed by atoms with Gasteiger partial charge in [-0.25, -0.2) is 4.39 Å². The number of rotatable bonds is 3. The van der Waals surface area contributed by atoms with Crippen LogP contribution in [0.5, 0.6) is 0 Å². The van der Waals surface area contributed by atoms with Gasteiger partial charge in [-0.2, -0.15) is 0 Å². The summed E-state index contributed by atoms with van der Waals surface area (Å²) in [4.78, 5) is 12.0. The fourth-order valence-corrected chi connectivity index (χ4v) is 1.40. The lowest BCUT2D eigenvalue weighted by molar-refractivity contribution is 0.0914. The third kappa shape index (κ3) is 3.68. The molecule has 0 aliphatic heterocycles. The molecule has 1 rings (SSSR count). The molecule has 1 aromatic rings. The minimum absolute atomic E-state index is 0.0534. The predicted octanol–water partition coefficient (Wildman–Crippen LogP) is 3.77. The van der Waals surface area contributed by atoms with Gasteiger partial charge < -0.3 is 5.32 Å². The lowest BCUT2D eigenvalue weighted by Crippen LogP contribution is -2.48. The predicted molar refractivity (Wildman–Crippen MR) is 71.3 cm³/mol. The van der Waals surface area contributed by atoms with E-state index in [1.165, 1.54) is 18.2 Å². The summed E-state index contributed by atoms with van der Waals surface area (Å²) < 4.78 is 13.0. The number of alkyl halides is 1. The molecule has 0 saturated carbocycles. The van der Waals surface area contributed by atoms with Crippen LogP contribution in [0.15, 0.2) is 18.2 Å². The van der Waals surface area contributed by atoms with Crippen molar-refractivity contribution in [1.82, 2.24) is 5.32 Å². The van der Waals surface area contributed by atoms with Gasteiger partial charge in [0.1, 0.15) is 5.82 Å². The Balaban J connectivity index is 2.87. The number of amides is 1. The van der Waals surface area contributed by atoms with Crippen LogP contribution in [0.25, 0.3) is 0 Å². The van der Waals surface area contributed by atoms with Crippen LogP contribution >= 0.6 is 27.5 Å². The molecule has 1 amide bonds. The van der Waals surface area contributed by atoms with E-state index in [9.17, 15) is 9.18 Å². The van der Waals surface area contributed by atoms with Crippen molar-refractivity contribution < 1.29 is 9.18 Å². The molecule has 0 saturated heterocycles. The monoisotopic (exact) mass is 321 g/mol. The van der Waals surface area contributed by atoms with E-state index >= 15 is 0 Å². The zero-order valence-electron chi connectivity index (χ0n) is 9.85. The van der Waals surface area contributed by atoms with E-state index < -0.39 is 11.4 Å². The van der Waals surface area contributed by atoms with Crippen molar-refractivity contribution >= 4 is 33.4 Å². The molecule has 0 fully saturated rings. The van der Waals surface area contributed by atoms with Crippen molar-refractivity contribution in [2.75, 3.05) is 0 Å². The van der Waals surface area contributed by atoms with Crippen LogP contribution in [-0.4, -0.2) is 16.3 Å². The fraction of sp³-hybridized carbons (Fsp3) is 0.417. The maximum Gasteiger partial charge on any atom is 0.251 e. The van der Waals surface area contributed by atoms with E-state index in [0.29, 0.717) is 5.56 Å². The highest BCUT2D eigenvalue weighted by atomic mass is 79.9. The van der Waals surface area contributed by atoms with Gasteiger partial charge in [-0.1, -0.05) is 34.5 Å². The first-order valence-corrected chi connectivity index (χ1v) is 6.45.